The number of halogens is 1. The molecule has 2 rings (SSSR count). The van der Waals surface area contributed by atoms with Gasteiger partial charge in [0.1, 0.15) is 0 Å². The van der Waals surface area contributed by atoms with Crippen molar-refractivity contribution in [1.29, 1.82) is 0 Å². The zero-order valence-electron chi connectivity index (χ0n) is 11.4. The van der Waals surface area contributed by atoms with Gasteiger partial charge < -0.3 is 5.11 Å². The first kappa shape index (κ1) is 17.6. The molecule has 1 N–H and O–H groups in total. The molecular formula is C14H17ClO3S. The fraction of sp³-hybridized carbons (Fsp3) is 0.286. The van der Waals surface area contributed by atoms with E-state index >= 15 is 0 Å². The number of carbonyl (C=O) groups excluding carboxylic acids is 1. The van der Waals surface area contributed by atoms with Crippen molar-refractivity contribution in [2.24, 2.45) is 0 Å². The van der Waals surface area contributed by atoms with E-state index in [2.05, 4.69) is 0 Å². The van der Waals surface area contributed by atoms with Crippen molar-refractivity contribution in [2.45, 2.75) is 27.7 Å². The number of rotatable bonds is 2. The Bertz CT molecular complexity index is 561. The highest BCUT2D eigenvalue weighted by atomic mass is 35.5. The molecule has 0 saturated heterocycles. The highest BCUT2D eigenvalue weighted by Gasteiger charge is 2.17. The SMILES string of the molecule is CC.CC.O=C(O)C(=O)c1cc2ccc(Cl)cc2s1. The number of carboxylic acids is 1. The summed E-state index contributed by atoms with van der Waals surface area (Å²) in [6, 6.07) is 6.73. The van der Waals surface area contributed by atoms with E-state index in [1.54, 1.807) is 24.3 Å². The van der Waals surface area contributed by atoms with Crippen LogP contribution in [0.1, 0.15) is 37.4 Å². The largest absolute Gasteiger partial charge is 0.475 e. The molecule has 1 heterocycles. The number of hydrogen-bond acceptors (Lipinski definition) is 3. The average molecular weight is 301 g/mol. The van der Waals surface area contributed by atoms with Gasteiger partial charge in [-0.1, -0.05) is 45.4 Å². The van der Waals surface area contributed by atoms with Crippen LogP contribution in [-0.4, -0.2) is 16.9 Å². The van der Waals surface area contributed by atoms with Gasteiger partial charge in [0.2, 0.25) is 0 Å². The highest BCUT2D eigenvalue weighted by Crippen LogP contribution is 2.28. The molecule has 0 unspecified atom stereocenters. The standard InChI is InChI=1S/C10H5ClO3S.2C2H6/c11-6-2-1-5-3-8(9(12)10(13)14)15-7(5)4-6;2*1-2/h1-4H,(H,13,14);2*1-2H3. The second-order valence-electron chi connectivity index (χ2n) is 2.93. The summed E-state index contributed by atoms with van der Waals surface area (Å²) in [5.74, 6) is -2.32. The van der Waals surface area contributed by atoms with Crippen LogP contribution < -0.4 is 0 Å². The normalized spacial score (nSPS) is 8.89. The van der Waals surface area contributed by atoms with Crippen LogP contribution in [0.3, 0.4) is 0 Å². The summed E-state index contributed by atoms with van der Waals surface area (Å²) in [7, 11) is 0. The summed E-state index contributed by atoms with van der Waals surface area (Å²) in [6.45, 7) is 8.00. The summed E-state index contributed by atoms with van der Waals surface area (Å²) < 4.78 is 0.812. The van der Waals surface area contributed by atoms with E-state index in [0.717, 1.165) is 21.4 Å². The van der Waals surface area contributed by atoms with Gasteiger partial charge in [-0.15, -0.1) is 11.3 Å². The van der Waals surface area contributed by atoms with Crippen LogP contribution in [0.4, 0.5) is 0 Å². The number of ketones is 1. The van der Waals surface area contributed by atoms with E-state index in [1.165, 1.54) is 0 Å². The predicted octanol–water partition coefficient (Wildman–Crippen LogP) is 4.87. The molecule has 0 aliphatic rings. The highest BCUT2D eigenvalue weighted by molar-refractivity contribution is 7.21. The molecule has 0 radical (unpaired) electrons. The fourth-order valence-corrected chi connectivity index (χ4v) is 2.49. The zero-order chi connectivity index (χ0) is 15.0. The smallest absolute Gasteiger partial charge is 0.378 e. The molecule has 0 atom stereocenters. The quantitative estimate of drug-likeness (QED) is 0.635. The average Bonchev–Trinajstić information content (AvgIpc) is 2.85. The van der Waals surface area contributed by atoms with E-state index in [-0.39, 0.29) is 4.88 Å². The predicted molar refractivity (Wildman–Crippen MR) is 81.5 cm³/mol. The Hall–Kier alpha value is -1.39. The molecule has 0 aliphatic heterocycles. The Kier molecular flexibility index (Phi) is 8.03. The molecule has 2 aromatic rings. The van der Waals surface area contributed by atoms with Crippen LogP contribution in [0.25, 0.3) is 10.1 Å². The third-order valence-corrected chi connectivity index (χ3v) is 3.23. The van der Waals surface area contributed by atoms with Gasteiger partial charge in [-0.3, -0.25) is 4.79 Å². The van der Waals surface area contributed by atoms with E-state index in [1.807, 2.05) is 27.7 Å². The van der Waals surface area contributed by atoms with Gasteiger partial charge in [-0.25, -0.2) is 4.79 Å². The minimum absolute atomic E-state index is 0.222. The number of fused-ring (bicyclic) bond motifs is 1. The first-order valence-corrected chi connectivity index (χ1v) is 7.24. The van der Waals surface area contributed by atoms with Crippen molar-refractivity contribution >= 4 is 44.8 Å². The molecule has 0 fully saturated rings. The Morgan fingerprint density at radius 3 is 2.21 bits per heavy atom. The van der Waals surface area contributed by atoms with Crippen molar-refractivity contribution in [3.05, 3.63) is 34.2 Å². The molecule has 0 amide bonds. The lowest BCUT2D eigenvalue weighted by molar-refractivity contribution is -0.131. The number of thiophene rings is 1. The molecule has 1 aromatic carbocycles. The second kappa shape index (κ2) is 8.67. The maximum absolute atomic E-state index is 11.2. The lowest BCUT2D eigenvalue weighted by Gasteiger charge is -1.88. The summed E-state index contributed by atoms with van der Waals surface area (Å²) in [5, 5.41) is 9.94. The van der Waals surface area contributed by atoms with Gasteiger partial charge in [0.15, 0.2) is 0 Å². The number of carbonyl (C=O) groups is 2. The summed E-state index contributed by atoms with van der Waals surface area (Å²) in [6.07, 6.45) is 0. The fourth-order valence-electron chi connectivity index (χ4n) is 1.22. The van der Waals surface area contributed by atoms with E-state index < -0.39 is 11.8 Å². The van der Waals surface area contributed by atoms with Crippen LogP contribution in [-0.2, 0) is 4.79 Å². The van der Waals surface area contributed by atoms with Gasteiger partial charge in [0.05, 0.1) is 4.88 Å². The van der Waals surface area contributed by atoms with E-state index in [9.17, 15) is 9.59 Å². The lowest BCUT2D eigenvalue weighted by atomic mass is 10.2. The molecule has 3 nitrogen and oxygen atoms in total. The number of hydrogen-bond donors (Lipinski definition) is 1. The van der Waals surface area contributed by atoms with Crippen LogP contribution in [0.15, 0.2) is 24.3 Å². The van der Waals surface area contributed by atoms with Gasteiger partial charge in [0.25, 0.3) is 5.78 Å². The number of Topliss-reactive ketones (excluding diaryl/α,β-unsaturated/α-hetero) is 1. The molecule has 19 heavy (non-hydrogen) atoms. The first-order chi connectivity index (χ1) is 9.08. The Morgan fingerprint density at radius 1 is 1.11 bits per heavy atom. The maximum atomic E-state index is 11.2. The molecule has 0 saturated carbocycles. The van der Waals surface area contributed by atoms with Gasteiger partial charge >= 0.3 is 5.97 Å². The summed E-state index contributed by atoms with van der Waals surface area (Å²) >= 11 is 6.91. The first-order valence-electron chi connectivity index (χ1n) is 6.04. The van der Waals surface area contributed by atoms with Crippen molar-refractivity contribution < 1.29 is 14.7 Å². The lowest BCUT2D eigenvalue weighted by Crippen LogP contribution is -2.10. The molecule has 1 aromatic heterocycles. The summed E-state index contributed by atoms with van der Waals surface area (Å²) in [4.78, 5) is 21.9. The second-order valence-corrected chi connectivity index (χ2v) is 4.45. The van der Waals surface area contributed by atoms with Crippen LogP contribution in [0.5, 0.6) is 0 Å². The van der Waals surface area contributed by atoms with Gasteiger partial charge in [0, 0.05) is 9.72 Å². The minimum Gasteiger partial charge on any atom is -0.475 e. The van der Waals surface area contributed by atoms with Crippen LogP contribution >= 0.6 is 22.9 Å². The Labute approximate surface area is 121 Å². The third-order valence-electron chi connectivity index (χ3n) is 1.90. The number of aliphatic carboxylic acids is 1. The van der Waals surface area contributed by atoms with Crippen molar-refractivity contribution in [1.82, 2.24) is 0 Å². The zero-order valence-corrected chi connectivity index (χ0v) is 12.9. The van der Waals surface area contributed by atoms with Crippen LogP contribution in [0, 0.1) is 0 Å². The molecule has 0 bridgehead atoms. The topological polar surface area (TPSA) is 54.4 Å². The van der Waals surface area contributed by atoms with E-state index in [0.29, 0.717) is 5.02 Å². The van der Waals surface area contributed by atoms with E-state index in [4.69, 9.17) is 16.7 Å². The number of carboxylic acid groups (broad SMARTS) is 1. The Balaban J connectivity index is 0.000000741. The minimum atomic E-state index is -1.44. The van der Waals surface area contributed by atoms with Gasteiger partial charge in [-0.2, -0.15) is 0 Å². The Morgan fingerprint density at radius 2 is 1.68 bits per heavy atom. The van der Waals surface area contributed by atoms with Crippen molar-refractivity contribution in [3.8, 4) is 0 Å². The molecule has 5 heteroatoms. The monoisotopic (exact) mass is 300 g/mol. The molecule has 104 valence electrons. The number of benzene rings is 1. The molecule has 0 spiro atoms. The molecular weight excluding hydrogens is 284 g/mol. The van der Waals surface area contributed by atoms with Gasteiger partial charge in [-0.05, 0) is 23.6 Å². The van der Waals surface area contributed by atoms with Crippen molar-refractivity contribution in [2.75, 3.05) is 0 Å². The van der Waals surface area contributed by atoms with Crippen LogP contribution in [0.2, 0.25) is 5.02 Å². The third kappa shape index (κ3) is 4.65. The van der Waals surface area contributed by atoms with Crippen molar-refractivity contribution in [3.63, 3.8) is 0 Å². The maximum Gasteiger partial charge on any atom is 0.378 e. The molecule has 0 aliphatic carbocycles. The summed E-state index contributed by atoms with van der Waals surface area (Å²) in [5.41, 5.74) is 0.